The van der Waals surface area contributed by atoms with Crippen LogP contribution in [0.4, 0.5) is 9.18 Å². The maximum atomic E-state index is 13.7. The third-order valence-corrected chi connectivity index (χ3v) is 2.88. The molecule has 0 bridgehead atoms. The Kier molecular flexibility index (Phi) is 3.28. The van der Waals surface area contributed by atoms with E-state index in [0.717, 1.165) is 18.4 Å². The molecule has 2 rings (SSSR count). The van der Waals surface area contributed by atoms with Crippen LogP contribution in [0.15, 0.2) is 18.2 Å². The zero-order chi connectivity index (χ0) is 13.3. The van der Waals surface area contributed by atoms with Crippen molar-refractivity contribution in [1.29, 1.82) is 0 Å². The van der Waals surface area contributed by atoms with Gasteiger partial charge in [-0.2, -0.15) is 0 Å². The number of aryl methyl sites for hydroxylation is 1. The summed E-state index contributed by atoms with van der Waals surface area (Å²) < 4.78 is 18.9. The fraction of sp³-hybridized carbons (Fsp3) is 0.500. The minimum Gasteiger partial charge on any atom is -0.444 e. The smallest absolute Gasteiger partial charge is 0.408 e. The maximum absolute atomic E-state index is 13.7. The highest BCUT2D eigenvalue weighted by molar-refractivity contribution is 5.68. The molecule has 1 aliphatic rings. The van der Waals surface area contributed by atoms with Crippen molar-refractivity contribution in [1.82, 2.24) is 5.32 Å². The number of amides is 1. The fourth-order valence-corrected chi connectivity index (χ4v) is 2.23. The normalized spacial score (nSPS) is 18.3. The van der Waals surface area contributed by atoms with Crippen LogP contribution in [0, 0.1) is 5.82 Å². The molecule has 0 heterocycles. The molecular weight excluding hydrogens is 233 g/mol. The molecule has 0 fully saturated rings. The first-order valence-electron chi connectivity index (χ1n) is 6.13. The molecule has 1 aliphatic carbocycles. The summed E-state index contributed by atoms with van der Waals surface area (Å²) in [5, 5.41) is 2.73. The van der Waals surface area contributed by atoms with Crippen LogP contribution in [0.2, 0.25) is 0 Å². The van der Waals surface area contributed by atoms with E-state index >= 15 is 0 Å². The van der Waals surface area contributed by atoms with E-state index in [0.29, 0.717) is 5.56 Å². The molecule has 1 unspecified atom stereocenters. The summed E-state index contributed by atoms with van der Waals surface area (Å²) in [7, 11) is 0. The second-order valence-corrected chi connectivity index (χ2v) is 5.55. The minimum absolute atomic E-state index is 0.258. The van der Waals surface area contributed by atoms with Gasteiger partial charge in [0.2, 0.25) is 0 Å². The molecule has 0 spiro atoms. The number of carbonyl (C=O) groups is 1. The van der Waals surface area contributed by atoms with Crippen molar-refractivity contribution in [2.75, 3.05) is 0 Å². The van der Waals surface area contributed by atoms with Crippen LogP contribution < -0.4 is 5.32 Å². The van der Waals surface area contributed by atoms with Gasteiger partial charge in [-0.25, -0.2) is 9.18 Å². The SMILES string of the molecule is CC(C)(C)OC(=O)NC1CCc2cccc(F)c21. The second-order valence-electron chi connectivity index (χ2n) is 5.55. The molecule has 0 aliphatic heterocycles. The number of halogens is 1. The second kappa shape index (κ2) is 4.59. The molecule has 1 amide bonds. The molecule has 1 N–H and O–H groups in total. The van der Waals surface area contributed by atoms with Crippen LogP contribution in [-0.2, 0) is 11.2 Å². The Morgan fingerprint density at radius 3 is 2.83 bits per heavy atom. The van der Waals surface area contributed by atoms with Gasteiger partial charge in [0.1, 0.15) is 11.4 Å². The lowest BCUT2D eigenvalue weighted by Gasteiger charge is -2.22. The van der Waals surface area contributed by atoms with Gasteiger partial charge in [-0.3, -0.25) is 0 Å². The van der Waals surface area contributed by atoms with Gasteiger partial charge in [0, 0.05) is 5.56 Å². The molecule has 1 aromatic carbocycles. The third-order valence-electron chi connectivity index (χ3n) is 2.88. The van der Waals surface area contributed by atoms with E-state index in [9.17, 15) is 9.18 Å². The Labute approximate surface area is 106 Å². The number of rotatable bonds is 1. The van der Waals surface area contributed by atoms with Gasteiger partial charge in [-0.1, -0.05) is 12.1 Å². The minimum atomic E-state index is -0.541. The Morgan fingerprint density at radius 1 is 1.44 bits per heavy atom. The predicted octanol–water partition coefficient (Wildman–Crippen LogP) is 3.34. The molecule has 1 aromatic rings. The van der Waals surface area contributed by atoms with Gasteiger partial charge in [-0.05, 0) is 45.2 Å². The first kappa shape index (κ1) is 12.9. The fourth-order valence-electron chi connectivity index (χ4n) is 2.23. The van der Waals surface area contributed by atoms with Crippen LogP contribution in [0.3, 0.4) is 0 Å². The Morgan fingerprint density at radius 2 is 2.17 bits per heavy atom. The Balaban J connectivity index is 2.08. The molecule has 4 heteroatoms. The van der Waals surface area contributed by atoms with Gasteiger partial charge < -0.3 is 10.1 Å². The Hall–Kier alpha value is -1.58. The van der Waals surface area contributed by atoms with E-state index in [-0.39, 0.29) is 11.9 Å². The van der Waals surface area contributed by atoms with Crippen molar-refractivity contribution in [3.05, 3.63) is 35.1 Å². The van der Waals surface area contributed by atoms with Crippen molar-refractivity contribution in [3.63, 3.8) is 0 Å². The monoisotopic (exact) mass is 251 g/mol. The van der Waals surface area contributed by atoms with Gasteiger partial charge in [0.15, 0.2) is 0 Å². The number of alkyl carbamates (subject to hydrolysis) is 1. The lowest BCUT2D eigenvalue weighted by molar-refractivity contribution is 0.0503. The molecule has 98 valence electrons. The molecule has 0 radical (unpaired) electrons. The van der Waals surface area contributed by atoms with E-state index in [4.69, 9.17) is 4.74 Å². The van der Waals surface area contributed by atoms with Gasteiger partial charge in [0.25, 0.3) is 0 Å². The highest BCUT2D eigenvalue weighted by Gasteiger charge is 2.28. The first-order chi connectivity index (χ1) is 8.37. The molecule has 0 saturated heterocycles. The summed E-state index contributed by atoms with van der Waals surface area (Å²) in [6.45, 7) is 5.40. The van der Waals surface area contributed by atoms with Crippen molar-refractivity contribution in [3.8, 4) is 0 Å². The summed E-state index contributed by atoms with van der Waals surface area (Å²) in [5.41, 5.74) is 1.03. The number of ether oxygens (including phenoxy) is 1. The highest BCUT2D eigenvalue weighted by atomic mass is 19.1. The third kappa shape index (κ3) is 2.81. The number of nitrogens with one attached hydrogen (secondary N) is 1. The van der Waals surface area contributed by atoms with E-state index in [1.54, 1.807) is 26.8 Å². The zero-order valence-electron chi connectivity index (χ0n) is 10.9. The average Bonchev–Trinajstić information content (AvgIpc) is 2.59. The van der Waals surface area contributed by atoms with Crippen molar-refractivity contribution in [2.24, 2.45) is 0 Å². The van der Waals surface area contributed by atoms with Crippen molar-refractivity contribution >= 4 is 6.09 Å². The van der Waals surface area contributed by atoms with Crippen LogP contribution in [-0.4, -0.2) is 11.7 Å². The lowest BCUT2D eigenvalue weighted by Crippen LogP contribution is -2.34. The summed E-state index contributed by atoms with van der Waals surface area (Å²) >= 11 is 0. The zero-order valence-corrected chi connectivity index (χ0v) is 10.9. The lowest BCUT2D eigenvalue weighted by atomic mass is 10.1. The number of benzene rings is 1. The number of hydrogen-bond donors (Lipinski definition) is 1. The van der Waals surface area contributed by atoms with Gasteiger partial charge in [0.05, 0.1) is 6.04 Å². The van der Waals surface area contributed by atoms with Gasteiger partial charge >= 0.3 is 6.09 Å². The average molecular weight is 251 g/mol. The Bertz CT molecular complexity index is 465. The summed E-state index contributed by atoms with van der Waals surface area (Å²) in [4.78, 5) is 11.7. The van der Waals surface area contributed by atoms with Crippen molar-refractivity contribution < 1.29 is 13.9 Å². The number of carbonyl (C=O) groups excluding carboxylic acids is 1. The molecule has 0 saturated carbocycles. The molecule has 3 nitrogen and oxygen atoms in total. The summed E-state index contributed by atoms with van der Waals surface area (Å²) in [5.74, 6) is -0.258. The highest BCUT2D eigenvalue weighted by Crippen LogP contribution is 2.33. The standard InChI is InChI=1S/C14H18FNO2/c1-14(2,3)18-13(17)16-11-8-7-9-5-4-6-10(15)12(9)11/h4-6,11H,7-8H2,1-3H3,(H,16,17). The van der Waals surface area contributed by atoms with Crippen LogP contribution in [0.1, 0.15) is 44.4 Å². The number of hydrogen-bond acceptors (Lipinski definition) is 2. The van der Waals surface area contributed by atoms with E-state index in [2.05, 4.69) is 5.32 Å². The first-order valence-corrected chi connectivity index (χ1v) is 6.13. The van der Waals surface area contributed by atoms with E-state index in [1.165, 1.54) is 6.07 Å². The number of fused-ring (bicyclic) bond motifs is 1. The van der Waals surface area contributed by atoms with Crippen LogP contribution in [0.25, 0.3) is 0 Å². The summed E-state index contributed by atoms with van der Waals surface area (Å²) in [6.07, 6.45) is 1.01. The quantitative estimate of drug-likeness (QED) is 0.831. The molecule has 0 aromatic heterocycles. The van der Waals surface area contributed by atoms with Gasteiger partial charge in [-0.15, -0.1) is 0 Å². The maximum Gasteiger partial charge on any atom is 0.408 e. The summed E-state index contributed by atoms with van der Waals surface area (Å²) in [6, 6.07) is 4.74. The topological polar surface area (TPSA) is 38.3 Å². The van der Waals surface area contributed by atoms with Crippen LogP contribution >= 0.6 is 0 Å². The largest absolute Gasteiger partial charge is 0.444 e. The molecular formula is C14H18FNO2. The molecule has 18 heavy (non-hydrogen) atoms. The van der Waals surface area contributed by atoms with E-state index < -0.39 is 11.7 Å². The van der Waals surface area contributed by atoms with Crippen LogP contribution in [0.5, 0.6) is 0 Å². The predicted molar refractivity (Wildman–Crippen MR) is 66.8 cm³/mol. The van der Waals surface area contributed by atoms with Crippen molar-refractivity contribution in [2.45, 2.75) is 45.3 Å². The molecule has 1 atom stereocenters. The van der Waals surface area contributed by atoms with E-state index in [1.807, 2.05) is 6.07 Å².